The summed E-state index contributed by atoms with van der Waals surface area (Å²) in [6.45, 7) is 4.08. The van der Waals surface area contributed by atoms with Crippen molar-refractivity contribution >= 4 is 28.7 Å². The molecule has 1 aromatic carbocycles. The normalized spacial score (nSPS) is 11.3. The lowest BCUT2D eigenvalue weighted by atomic mass is 10.2. The van der Waals surface area contributed by atoms with E-state index >= 15 is 0 Å². The molecule has 0 atom stereocenters. The van der Waals surface area contributed by atoms with Gasteiger partial charge in [0, 0.05) is 26.6 Å². The number of carbonyl (C=O) groups is 1. The fourth-order valence-electron chi connectivity index (χ4n) is 2.80. The fourth-order valence-corrected chi connectivity index (χ4v) is 3.65. The Hall–Kier alpha value is -3.01. The van der Waals surface area contributed by atoms with Gasteiger partial charge in [-0.25, -0.2) is 19.2 Å². The minimum Gasteiger partial charge on any atom is -0.351 e. The molecule has 0 aliphatic heterocycles. The highest BCUT2D eigenvalue weighted by molar-refractivity contribution is 8.00. The van der Waals surface area contributed by atoms with Crippen LogP contribution in [-0.2, 0) is 25.4 Å². The second-order valence-corrected chi connectivity index (χ2v) is 8.10. The van der Waals surface area contributed by atoms with Gasteiger partial charge in [-0.1, -0.05) is 37.7 Å². The van der Waals surface area contributed by atoms with Crippen LogP contribution in [0.25, 0.3) is 11.0 Å². The molecule has 0 saturated heterocycles. The topological polar surface area (TPSA) is 98.9 Å². The number of carbonyl (C=O) groups excluding carboxylic acids is 1. The van der Waals surface area contributed by atoms with Gasteiger partial charge in [0.25, 0.3) is 5.56 Å². The zero-order valence-corrected chi connectivity index (χ0v) is 17.9. The van der Waals surface area contributed by atoms with E-state index in [1.54, 1.807) is 19.2 Å². The van der Waals surface area contributed by atoms with Crippen LogP contribution >= 0.6 is 11.8 Å². The van der Waals surface area contributed by atoms with Gasteiger partial charge < -0.3 is 5.32 Å². The van der Waals surface area contributed by atoms with E-state index in [4.69, 9.17) is 0 Å². The molecular weight excluding hydrogens is 409 g/mol. The molecule has 1 amide bonds. The van der Waals surface area contributed by atoms with Gasteiger partial charge in [-0.05, 0) is 17.7 Å². The minimum atomic E-state index is -0.502. The summed E-state index contributed by atoms with van der Waals surface area (Å²) in [6, 6.07) is 5.85. The van der Waals surface area contributed by atoms with E-state index in [0.717, 1.165) is 21.9 Å². The first-order valence-corrected chi connectivity index (χ1v) is 10.3. The molecule has 1 N–H and O–H groups in total. The Morgan fingerprint density at radius 3 is 2.43 bits per heavy atom. The van der Waals surface area contributed by atoms with E-state index < -0.39 is 11.2 Å². The summed E-state index contributed by atoms with van der Waals surface area (Å²) in [7, 11) is 2.94. The predicted molar refractivity (Wildman–Crippen MR) is 113 cm³/mol. The molecule has 158 valence electrons. The molecule has 2 heterocycles. The molecule has 0 saturated carbocycles. The average Bonchev–Trinajstić information content (AvgIpc) is 2.73. The first-order chi connectivity index (χ1) is 14.2. The van der Waals surface area contributed by atoms with Gasteiger partial charge in [0.15, 0.2) is 5.65 Å². The van der Waals surface area contributed by atoms with Gasteiger partial charge in [0.2, 0.25) is 5.91 Å². The van der Waals surface area contributed by atoms with Crippen molar-refractivity contribution in [3.63, 3.8) is 0 Å². The lowest BCUT2D eigenvalue weighted by Crippen LogP contribution is -2.38. The average molecular weight is 431 g/mol. The van der Waals surface area contributed by atoms with Crippen LogP contribution in [0, 0.1) is 5.82 Å². The molecule has 0 spiro atoms. The van der Waals surface area contributed by atoms with Crippen LogP contribution in [0.5, 0.6) is 0 Å². The van der Waals surface area contributed by atoms with Gasteiger partial charge in [-0.15, -0.1) is 0 Å². The second-order valence-electron chi connectivity index (χ2n) is 7.14. The van der Waals surface area contributed by atoms with Gasteiger partial charge in [-0.3, -0.25) is 18.7 Å². The lowest BCUT2D eigenvalue weighted by Gasteiger charge is -2.13. The van der Waals surface area contributed by atoms with Crippen LogP contribution in [0.1, 0.15) is 31.2 Å². The zero-order chi connectivity index (χ0) is 22.0. The molecule has 0 fully saturated rings. The Morgan fingerprint density at radius 1 is 1.13 bits per heavy atom. The van der Waals surface area contributed by atoms with E-state index in [-0.39, 0.29) is 41.0 Å². The van der Waals surface area contributed by atoms with Crippen LogP contribution in [0.4, 0.5) is 4.39 Å². The maximum Gasteiger partial charge on any atom is 0.332 e. The molecule has 3 aromatic rings. The highest BCUT2D eigenvalue weighted by atomic mass is 32.2. The number of nitrogens with one attached hydrogen (secondary N) is 1. The number of aryl methyl sites for hydroxylation is 1. The number of aromatic nitrogens is 4. The SMILES string of the molecule is CC(C)c1nc(SCC(=O)NCc2ccc(F)cc2)c2c(=O)n(C)c(=O)n(C)c2n1. The number of amides is 1. The van der Waals surface area contributed by atoms with E-state index in [0.29, 0.717) is 10.9 Å². The van der Waals surface area contributed by atoms with Crippen molar-refractivity contribution in [2.45, 2.75) is 31.3 Å². The molecule has 0 unspecified atom stereocenters. The number of hydrogen-bond acceptors (Lipinski definition) is 6. The zero-order valence-electron chi connectivity index (χ0n) is 17.1. The standard InChI is InChI=1S/C20H22FN5O3S/c1-11(2)16-23-17-15(19(28)26(4)20(29)25(17)3)18(24-16)30-10-14(27)22-9-12-5-7-13(21)8-6-12/h5-8,11H,9-10H2,1-4H3,(H,22,27). The van der Waals surface area contributed by atoms with Crippen LogP contribution in [-0.4, -0.2) is 30.8 Å². The quantitative estimate of drug-likeness (QED) is 0.471. The third kappa shape index (κ3) is 4.43. The van der Waals surface area contributed by atoms with Crippen molar-refractivity contribution in [3.8, 4) is 0 Å². The highest BCUT2D eigenvalue weighted by Gasteiger charge is 2.19. The maximum atomic E-state index is 13.0. The second kappa shape index (κ2) is 8.78. The number of benzene rings is 1. The lowest BCUT2D eigenvalue weighted by molar-refractivity contribution is -0.118. The van der Waals surface area contributed by atoms with Gasteiger partial charge >= 0.3 is 5.69 Å². The number of halogens is 1. The van der Waals surface area contributed by atoms with E-state index in [1.807, 2.05) is 13.8 Å². The summed E-state index contributed by atoms with van der Waals surface area (Å²) in [5, 5.41) is 3.32. The number of nitrogens with zero attached hydrogens (tertiary/aromatic N) is 4. The predicted octanol–water partition coefficient (Wildman–Crippen LogP) is 1.70. The summed E-state index contributed by atoms with van der Waals surface area (Å²) in [5.74, 6) is -0.117. The van der Waals surface area contributed by atoms with Crippen molar-refractivity contribution in [2.75, 3.05) is 5.75 Å². The highest BCUT2D eigenvalue weighted by Crippen LogP contribution is 2.24. The first-order valence-electron chi connectivity index (χ1n) is 9.30. The van der Waals surface area contributed by atoms with Crippen LogP contribution < -0.4 is 16.6 Å². The molecule has 3 rings (SSSR count). The molecule has 2 aromatic heterocycles. The van der Waals surface area contributed by atoms with Gasteiger partial charge in [-0.2, -0.15) is 0 Å². The molecule has 8 nitrogen and oxygen atoms in total. The van der Waals surface area contributed by atoms with Crippen LogP contribution in [0.2, 0.25) is 0 Å². The van der Waals surface area contributed by atoms with Crippen molar-refractivity contribution in [1.29, 1.82) is 0 Å². The van der Waals surface area contributed by atoms with E-state index in [1.165, 1.54) is 23.7 Å². The summed E-state index contributed by atoms with van der Waals surface area (Å²) < 4.78 is 15.3. The molecule has 0 radical (unpaired) electrons. The van der Waals surface area contributed by atoms with E-state index in [2.05, 4.69) is 15.3 Å². The summed E-state index contributed by atoms with van der Waals surface area (Å²) in [4.78, 5) is 46.2. The summed E-state index contributed by atoms with van der Waals surface area (Å²) in [6.07, 6.45) is 0. The Morgan fingerprint density at radius 2 is 1.80 bits per heavy atom. The van der Waals surface area contributed by atoms with Crippen molar-refractivity contribution < 1.29 is 9.18 Å². The van der Waals surface area contributed by atoms with Crippen molar-refractivity contribution in [2.24, 2.45) is 14.1 Å². The Kier molecular flexibility index (Phi) is 6.35. The third-order valence-electron chi connectivity index (χ3n) is 4.54. The molecule has 0 aliphatic carbocycles. The first kappa shape index (κ1) is 21.7. The Bertz CT molecular complexity index is 1220. The number of fused-ring (bicyclic) bond motifs is 1. The Balaban J connectivity index is 1.87. The largest absolute Gasteiger partial charge is 0.351 e. The monoisotopic (exact) mass is 431 g/mol. The van der Waals surface area contributed by atoms with Crippen LogP contribution in [0.15, 0.2) is 38.9 Å². The maximum absolute atomic E-state index is 13.0. The number of rotatable bonds is 6. The number of hydrogen-bond donors (Lipinski definition) is 1. The van der Waals surface area contributed by atoms with Crippen LogP contribution in [0.3, 0.4) is 0 Å². The van der Waals surface area contributed by atoms with Gasteiger partial charge in [0.1, 0.15) is 22.1 Å². The minimum absolute atomic E-state index is 0.0246. The summed E-state index contributed by atoms with van der Waals surface area (Å²) in [5.41, 5.74) is 0.0377. The van der Waals surface area contributed by atoms with Gasteiger partial charge in [0.05, 0.1) is 5.75 Å². The molecule has 0 aliphatic rings. The summed E-state index contributed by atoms with van der Waals surface area (Å²) >= 11 is 1.11. The van der Waals surface area contributed by atoms with Crippen molar-refractivity contribution in [3.05, 3.63) is 62.3 Å². The molecular formula is C20H22FN5O3S. The molecule has 10 heteroatoms. The van der Waals surface area contributed by atoms with E-state index in [9.17, 15) is 18.8 Å². The molecule has 0 bridgehead atoms. The third-order valence-corrected chi connectivity index (χ3v) is 5.52. The van der Waals surface area contributed by atoms with Crippen molar-refractivity contribution in [1.82, 2.24) is 24.4 Å². The Labute approximate surface area is 176 Å². The molecule has 30 heavy (non-hydrogen) atoms. The number of thioether (sulfide) groups is 1. The smallest absolute Gasteiger partial charge is 0.332 e. The fraction of sp³-hybridized carbons (Fsp3) is 0.350.